The molecule has 1 aromatic heterocycles. The van der Waals surface area contributed by atoms with Gasteiger partial charge in [0.25, 0.3) is 0 Å². The summed E-state index contributed by atoms with van der Waals surface area (Å²) >= 11 is 0. The molecule has 1 unspecified atom stereocenters. The number of nitrogens with zero attached hydrogens (tertiary/aromatic N) is 1. The summed E-state index contributed by atoms with van der Waals surface area (Å²) in [4.78, 5) is 16.0. The van der Waals surface area contributed by atoms with Gasteiger partial charge in [-0.15, -0.1) is 0 Å². The van der Waals surface area contributed by atoms with Gasteiger partial charge in [-0.2, -0.15) is 26.3 Å². The van der Waals surface area contributed by atoms with Gasteiger partial charge in [-0.3, -0.25) is 9.78 Å². The maximum absolute atomic E-state index is 12.5. The molecule has 28 heavy (non-hydrogen) atoms. The molecule has 1 heterocycles. The van der Waals surface area contributed by atoms with Crippen molar-refractivity contribution in [3.05, 3.63) is 59.4 Å². The normalized spacial score (nSPS) is 13.1. The van der Waals surface area contributed by atoms with Gasteiger partial charge in [-0.1, -0.05) is 12.1 Å². The Bertz CT molecular complexity index is 786. The summed E-state index contributed by atoms with van der Waals surface area (Å²) < 4.78 is 78.4. The number of halogens is 6. The summed E-state index contributed by atoms with van der Waals surface area (Å²) in [5, 5.41) is 2.62. The molecule has 0 bridgehead atoms. The molecule has 0 saturated heterocycles. The van der Waals surface area contributed by atoms with Gasteiger partial charge in [0.1, 0.15) is 5.75 Å². The lowest BCUT2D eigenvalue weighted by molar-refractivity contribution is -0.153. The predicted molar refractivity (Wildman–Crippen MR) is 87.5 cm³/mol. The lowest BCUT2D eigenvalue weighted by Crippen LogP contribution is -2.28. The number of hydrogen-bond acceptors (Lipinski definition) is 3. The highest BCUT2D eigenvalue weighted by atomic mass is 19.4. The van der Waals surface area contributed by atoms with Gasteiger partial charge in [-0.05, 0) is 36.8 Å². The van der Waals surface area contributed by atoms with Crippen LogP contribution in [0, 0.1) is 0 Å². The molecule has 2 rings (SSSR count). The molecule has 0 fully saturated rings. The van der Waals surface area contributed by atoms with E-state index in [4.69, 9.17) is 0 Å². The quantitative estimate of drug-likeness (QED) is 0.721. The second kappa shape index (κ2) is 8.49. The van der Waals surface area contributed by atoms with Crippen molar-refractivity contribution in [1.82, 2.24) is 10.3 Å². The minimum absolute atomic E-state index is 0.0654. The van der Waals surface area contributed by atoms with Gasteiger partial charge in [-0.25, -0.2) is 0 Å². The number of hydrogen-bond donors (Lipinski definition) is 1. The molecule has 152 valence electrons. The molecule has 0 radical (unpaired) electrons. The van der Waals surface area contributed by atoms with Crippen LogP contribution in [0.25, 0.3) is 0 Å². The van der Waals surface area contributed by atoms with Gasteiger partial charge < -0.3 is 10.1 Å². The Balaban J connectivity index is 1.89. The van der Waals surface area contributed by atoms with Crippen LogP contribution in [0.2, 0.25) is 0 Å². The highest BCUT2D eigenvalue weighted by molar-refractivity contribution is 5.78. The summed E-state index contributed by atoms with van der Waals surface area (Å²) in [5.74, 6) is -0.504. The van der Waals surface area contributed by atoms with Crippen molar-refractivity contribution in [3.8, 4) is 5.75 Å². The first-order chi connectivity index (χ1) is 12.9. The van der Waals surface area contributed by atoms with E-state index in [9.17, 15) is 31.1 Å². The summed E-state index contributed by atoms with van der Waals surface area (Å²) in [6.45, 7) is 0.177. The highest BCUT2D eigenvalue weighted by Gasteiger charge is 2.30. The van der Waals surface area contributed by atoms with E-state index in [1.54, 1.807) is 6.92 Å². The first kappa shape index (κ1) is 21.5. The molecule has 2 aromatic rings. The van der Waals surface area contributed by atoms with Crippen LogP contribution in [-0.4, -0.2) is 23.7 Å². The second-order valence-electron chi connectivity index (χ2n) is 5.98. The first-order valence-electron chi connectivity index (χ1n) is 8.05. The van der Waals surface area contributed by atoms with E-state index >= 15 is 0 Å². The van der Waals surface area contributed by atoms with Gasteiger partial charge in [0.2, 0.25) is 5.91 Å². The zero-order chi connectivity index (χ0) is 20.9. The number of amides is 1. The minimum atomic E-state index is -4.46. The van der Waals surface area contributed by atoms with Crippen LogP contribution in [0.3, 0.4) is 0 Å². The van der Waals surface area contributed by atoms with Crippen molar-refractivity contribution < 1.29 is 35.9 Å². The van der Waals surface area contributed by atoms with Crippen LogP contribution in [-0.2, 0) is 17.4 Å². The highest BCUT2D eigenvalue weighted by Crippen LogP contribution is 2.29. The van der Waals surface area contributed by atoms with Crippen molar-refractivity contribution in [2.45, 2.75) is 31.7 Å². The Morgan fingerprint density at radius 3 is 2.21 bits per heavy atom. The van der Waals surface area contributed by atoms with Gasteiger partial charge in [0.15, 0.2) is 6.61 Å². The minimum Gasteiger partial charge on any atom is -0.483 e. The van der Waals surface area contributed by atoms with E-state index in [1.165, 1.54) is 24.3 Å². The van der Waals surface area contributed by atoms with Crippen molar-refractivity contribution in [2.75, 3.05) is 6.61 Å². The van der Waals surface area contributed by atoms with Crippen LogP contribution < -0.4 is 10.1 Å². The summed E-state index contributed by atoms with van der Waals surface area (Å²) in [7, 11) is 0. The SMILES string of the molecule is CC(NC(=O)Cc1ccc(C(F)(F)F)cc1)c1ccc(OCC(F)(F)F)cn1. The van der Waals surface area contributed by atoms with E-state index in [0.29, 0.717) is 11.3 Å². The molecule has 1 aromatic carbocycles. The second-order valence-corrected chi connectivity index (χ2v) is 5.98. The molecule has 0 aliphatic heterocycles. The number of alkyl halides is 6. The maximum Gasteiger partial charge on any atom is 0.422 e. The van der Waals surface area contributed by atoms with E-state index < -0.39 is 36.5 Å². The van der Waals surface area contributed by atoms with Gasteiger partial charge in [0.05, 0.1) is 29.9 Å². The number of pyridine rings is 1. The number of nitrogens with one attached hydrogen (secondary N) is 1. The number of aromatic nitrogens is 1. The molecular weight excluding hydrogens is 390 g/mol. The number of rotatable bonds is 6. The van der Waals surface area contributed by atoms with Crippen molar-refractivity contribution in [2.24, 2.45) is 0 Å². The van der Waals surface area contributed by atoms with Crippen LogP contribution >= 0.6 is 0 Å². The standard InChI is InChI=1S/C18H16F6N2O2/c1-11(15-7-6-14(9-25-15)28-10-17(19,20)21)26-16(27)8-12-2-4-13(5-3-12)18(22,23)24/h2-7,9,11H,8,10H2,1H3,(H,26,27). The van der Waals surface area contributed by atoms with Crippen LogP contribution in [0.5, 0.6) is 5.75 Å². The third-order valence-corrected chi connectivity index (χ3v) is 3.63. The van der Waals surface area contributed by atoms with Crippen molar-refractivity contribution in [3.63, 3.8) is 0 Å². The molecule has 0 aliphatic carbocycles. The van der Waals surface area contributed by atoms with Gasteiger partial charge >= 0.3 is 12.4 Å². The Morgan fingerprint density at radius 2 is 1.71 bits per heavy atom. The number of carbonyl (C=O) groups excluding carboxylic acids is 1. The average Bonchev–Trinajstić information content (AvgIpc) is 2.59. The van der Waals surface area contributed by atoms with Crippen LogP contribution in [0.4, 0.5) is 26.3 Å². The molecule has 1 atom stereocenters. The van der Waals surface area contributed by atoms with E-state index in [1.807, 2.05) is 0 Å². The molecule has 1 N–H and O–H groups in total. The Hall–Kier alpha value is -2.78. The fourth-order valence-electron chi connectivity index (χ4n) is 2.26. The summed E-state index contributed by atoms with van der Waals surface area (Å²) in [6.07, 6.45) is -7.93. The fraction of sp³-hybridized carbons (Fsp3) is 0.333. The fourth-order valence-corrected chi connectivity index (χ4v) is 2.26. The summed E-state index contributed by atoms with van der Waals surface area (Å²) in [6, 6.07) is 6.39. The molecule has 10 heteroatoms. The van der Waals surface area contributed by atoms with Crippen LogP contribution in [0.15, 0.2) is 42.6 Å². The number of carbonyl (C=O) groups is 1. The molecule has 0 spiro atoms. The molecule has 0 aliphatic rings. The Morgan fingerprint density at radius 1 is 1.07 bits per heavy atom. The van der Waals surface area contributed by atoms with Crippen LogP contribution in [0.1, 0.15) is 29.8 Å². The van der Waals surface area contributed by atoms with E-state index in [-0.39, 0.29) is 12.2 Å². The van der Waals surface area contributed by atoms with Crippen molar-refractivity contribution >= 4 is 5.91 Å². The first-order valence-corrected chi connectivity index (χ1v) is 8.05. The topological polar surface area (TPSA) is 51.2 Å². The number of ether oxygens (including phenoxy) is 1. The van der Waals surface area contributed by atoms with E-state index in [0.717, 1.165) is 18.3 Å². The summed E-state index contributed by atoms with van der Waals surface area (Å²) in [5.41, 5.74) is -0.0104. The third kappa shape index (κ3) is 6.75. The van der Waals surface area contributed by atoms with Crippen molar-refractivity contribution in [1.29, 1.82) is 0 Å². The smallest absolute Gasteiger partial charge is 0.422 e. The lowest BCUT2D eigenvalue weighted by atomic mass is 10.1. The van der Waals surface area contributed by atoms with Gasteiger partial charge in [0, 0.05) is 0 Å². The molecule has 4 nitrogen and oxygen atoms in total. The third-order valence-electron chi connectivity index (χ3n) is 3.63. The molecule has 1 amide bonds. The monoisotopic (exact) mass is 406 g/mol. The number of benzene rings is 1. The average molecular weight is 406 g/mol. The molecule has 0 saturated carbocycles. The molecular formula is C18H16F6N2O2. The Labute approximate surface area is 156 Å². The predicted octanol–water partition coefficient (Wildman–Crippen LogP) is 4.46. The van der Waals surface area contributed by atoms with E-state index in [2.05, 4.69) is 15.0 Å². The maximum atomic E-state index is 12.5. The zero-order valence-electron chi connectivity index (χ0n) is 14.6. The Kier molecular flexibility index (Phi) is 6.52. The largest absolute Gasteiger partial charge is 0.483 e. The zero-order valence-corrected chi connectivity index (χ0v) is 14.6. The lowest BCUT2D eigenvalue weighted by Gasteiger charge is -2.15.